The van der Waals surface area contributed by atoms with E-state index in [2.05, 4.69) is 25.6 Å². The number of ether oxygens (including phenoxy) is 1. The van der Waals surface area contributed by atoms with E-state index < -0.39 is 39.7 Å². The van der Waals surface area contributed by atoms with E-state index in [-0.39, 0.29) is 45.5 Å². The number of urea groups is 1. The van der Waals surface area contributed by atoms with Gasteiger partial charge < -0.3 is 25.6 Å². The largest absolute Gasteiger partial charge is 0.495 e. The summed E-state index contributed by atoms with van der Waals surface area (Å²) in [6.45, 7) is 9.85. The third-order valence-corrected chi connectivity index (χ3v) is 8.56. The SMILES string of the molecule is CCCCNC(=O)N(c1ccc(N(CC)CC)cc1)C(C(=O)Nc1cc(C(=O)NCC)ccc1Cl)C(=O)c1ccc(OC)c(NS(C)(=O)=O)c1. The summed E-state index contributed by atoms with van der Waals surface area (Å²) in [6.07, 6.45) is 2.37. The lowest BCUT2D eigenvalue weighted by Crippen LogP contribution is -2.55. The van der Waals surface area contributed by atoms with Crippen LogP contribution in [0, 0.1) is 0 Å². The maximum atomic E-state index is 14.6. The molecular weight excluding hydrogens is 684 g/mol. The lowest BCUT2D eigenvalue weighted by Gasteiger charge is -2.31. The van der Waals surface area contributed by atoms with Crippen LogP contribution in [0.1, 0.15) is 61.3 Å². The highest BCUT2D eigenvalue weighted by atomic mass is 35.5. The number of Topliss-reactive ketones (excluding diaryl/α,β-unsaturated/α-hetero) is 1. The maximum absolute atomic E-state index is 14.6. The Hall–Kier alpha value is -4.82. The van der Waals surface area contributed by atoms with E-state index in [1.165, 1.54) is 43.5 Å². The first-order valence-electron chi connectivity index (χ1n) is 16.3. The number of hydrogen-bond acceptors (Lipinski definition) is 8. The molecule has 3 aromatic carbocycles. The molecule has 50 heavy (non-hydrogen) atoms. The molecule has 0 aliphatic carbocycles. The summed E-state index contributed by atoms with van der Waals surface area (Å²) in [7, 11) is -2.46. The molecule has 0 fully saturated rings. The van der Waals surface area contributed by atoms with E-state index in [0.29, 0.717) is 13.0 Å². The van der Waals surface area contributed by atoms with Crippen LogP contribution in [0.3, 0.4) is 0 Å². The molecule has 0 aromatic heterocycles. The van der Waals surface area contributed by atoms with Gasteiger partial charge in [-0.2, -0.15) is 0 Å². The summed E-state index contributed by atoms with van der Waals surface area (Å²) < 4.78 is 31.9. The fourth-order valence-electron chi connectivity index (χ4n) is 5.13. The standard InChI is InChI=1S/C35H45ClN6O7S/c1-7-11-20-38-35(46)42(26-16-14-25(15-17-26)41(9-3)10-4)31(32(43)23-13-19-30(49-5)29(21-23)40-50(6,47)48)34(45)39-28-22-24(12-18-27(28)36)33(44)37-8-2/h12-19,21-22,31,40H,7-11,20H2,1-6H3,(H,37,44)(H,38,46)(H,39,45). The van der Waals surface area contributed by atoms with E-state index in [9.17, 15) is 27.6 Å². The van der Waals surface area contributed by atoms with Gasteiger partial charge in [0.25, 0.3) is 11.8 Å². The van der Waals surface area contributed by atoms with Crippen LogP contribution in [-0.2, 0) is 14.8 Å². The van der Waals surface area contributed by atoms with Crippen molar-refractivity contribution in [1.29, 1.82) is 0 Å². The van der Waals surface area contributed by atoms with Crippen LogP contribution in [0.4, 0.5) is 27.5 Å². The van der Waals surface area contributed by atoms with E-state index in [1.54, 1.807) is 31.2 Å². The second-order valence-corrected chi connectivity index (χ2v) is 13.4. The number of rotatable bonds is 17. The minimum absolute atomic E-state index is 0.0376. The topological polar surface area (TPSA) is 166 Å². The van der Waals surface area contributed by atoms with Crippen molar-refractivity contribution in [3.8, 4) is 5.75 Å². The van der Waals surface area contributed by atoms with Crippen LogP contribution >= 0.6 is 11.6 Å². The highest BCUT2D eigenvalue weighted by molar-refractivity contribution is 7.92. The lowest BCUT2D eigenvalue weighted by atomic mass is 10.00. The Kier molecular flexibility index (Phi) is 14.5. The van der Waals surface area contributed by atoms with Gasteiger partial charge in [0.1, 0.15) is 5.75 Å². The van der Waals surface area contributed by atoms with Crippen molar-refractivity contribution in [3.05, 3.63) is 76.8 Å². The number of amides is 4. The monoisotopic (exact) mass is 728 g/mol. The Labute approximate surface area is 298 Å². The Morgan fingerprint density at radius 2 is 1.46 bits per heavy atom. The van der Waals surface area contributed by atoms with Gasteiger partial charge >= 0.3 is 6.03 Å². The van der Waals surface area contributed by atoms with Crippen molar-refractivity contribution in [3.63, 3.8) is 0 Å². The lowest BCUT2D eigenvalue weighted by molar-refractivity contribution is -0.116. The number of ketones is 1. The average Bonchev–Trinajstić information content (AvgIpc) is 3.08. The number of carbonyl (C=O) groups is 4. The van der Waals surface area contributed by atoms with Gasteiger partial charge in [-0.1, -0.05) is 24.9 Å². The number of carbonyl (C=O) groups excluding carboxylic acids is 4. The molecule has 3 aromatic rings. The highest BCUT2D eigenvalue weighted by Crippen LogP contribution is 2.30. The number of unbranched alkanes of at least 4 members (excludes halogenated alkanes) is 1. The number of nitrogens with zero attached hydrogens (tertiary/aromatic N) is 2. The zero-order valence-corrected chi connectivity index (χ0v) is 30.7. The Morgan fingerprint density at radius 1 is 0.840 bits per heavy atom. The molecule has 4 amide bonds. The molecular formula is C35H45ClN6O7S. The van der Waals surface area contributed by atoms with E-state index in [0.717, 1.165) is 36.4 Å². The Balaban J connectivity index is 2.24. The molecule has 0 aliphatic rings. The maximum Gasteiger partial charge on any atom is 0.323 e. The first kappa shape index (κ1) is 39.6. The fourth-order valence-corrected chi connectivity index (χ4v) is 5.86. The molecule has 0 radical (unpaired) electrons. The number of hydrogen-bond donors (Lipinski definition) is 4. The van der Waals surface area contributed by atoms with Gasteiger partial charge in [0.05, 0.1) is 29.8 Å². The average molecular weight is 729 g/mol. The van der Waals surface area contributed by atoms with Crippen LogP contribution in [0.15, 0.2) is 60.7 Å². The predicted molar refractivity (Wildman–Crippen MR) is 198 cm³/mol. The molecule has 0 aliphatic heterocycles. The van der Waals surface area contributed by atoms with Crippen molar-refractivity contribution in [1.82, 2.24) is 10.6 Å². The molecule has 4 N–H and O–H groups in total. The molecule has 0 saturated carbocycles. The zero-order valence-electron chi connectivity index (χ0n) is 29.1. The van der Waals surface area contributed by atoms with Crippen molar-refractivity contribution in [2.75, 3.05) is 59.4 Å². The van der Waals surface area contributed by atoms with Crippen molar-refractivity contribution < 1.29 is 32.3 Å². The first-order valence-corrected chi connectivity index (χ1v) is 18.6. The summed E-state index contributed by atoms with van der Waals surface area (Å²) in [5, 5.41) is 8.24. The molecule has 15 heteroatoms. The Morgan fingerprint density at radius 3 is 2.04 bits per heavy atom. The summed E-state index contributed by atoms with van der Waals surface area (Å²) in [4.78, 5) is 58.7. The number of sulfonamides is 1. The van der Waals surface area contributed by atoms with Gasteiger partial charge in [-0.05, 0) is 87.9 Å². The number of methoxy groups -OCH3 is 1. The molecule has 1 unspecified atom stereocenters. The normalized spacial score (nSPS) is 11.6. The zero-order chi connectivity index (χ0) is 37.0. The highest BCUT2D eigenvalue weighted by Gasteiger charge is 2.38. The quantitative estimate of drug-likeness (QED) is 0.0801. The van der Waals surface area contributed by atoms with Crippen molar-refractivity contribution in [2.24, 2.45) is 0 Å². The van der Waals surface area contributed by atoms with Gasteiger partial charge in [0.2, 0.25) is 10.0 Å². The molecule has 0 spiro atoms. The van der Waals surface area contributed by atoms with Crippen LogP contribution in [0.25, 0.3) is 0 Å². The van der Waals surface area contributed by atoms with Crippen LogP contribution < -0.4 is 35.2 Å². The van der Waals surface area contributed by atoms with Crippen molar-refractivity contribution >= 4 is 68.0 Å². The van der Waals surface area contributed by atoms with E-state index in [4.69, 9.17) is 16.3 Å². The number of anilines is 4. The van der Waals surface area contributed by atoms with Crippen molar-refractivity contribution in [2.45, 2.75) is 46.6 Å². The van der Waals surface area contributed by atoms with Crippen LogP contribution in [0.5, 0.6) is 5.75 Å². The molecule has 13 nitrogen and oxygen atoms in total. The molecule has 1 atom stereocenters. The minimum atomic E-state index is -3.80. The van der Waals surface area contributed by atoms with Crippen LogP contribution in [-0.4, -0.2) is 77.6 Å². The van der Waals surface area contributed by atoms with Gasteiger partial charge in [-0.15, -0.1) is 0 Å². The van der Waals surface area contributed by atoms with Gasteiger partial charge in [0.15, 0.2) is 11.8 Å². The minimum Gasteiger partial charge on any atom is -0.495 e. The first-order chi connectivity index (χ1) is 23.8. The molecule has 3 rings (SSSR count). The second-order valence-electron chi connectivity index (χ2n) is 11.2. The number of benzene rings is 3. The van der Waals surface area contributed by atoms with Crippen LogP contribution in [0.2, 0.25) is 5.02 Å². The number of nitrogens with one attached hydrogen (secondary N) is 4. The van der Waals surface area contributed by atoms with E-state index in [1.807, 2.05) is 20.8 Å². The third kappa shape index (κ3) is 10.3. The van der Waals surface area contributed by atoms with Gasteiger partial charge in [-0.3, -0.25) is 24.0 Å². The third-order valence-electron chi connectivity index (χ3n) is 7.64. The van der Waals surface area contributed by atoms with Gasteiger partial charge in [0, 0.05) is 48.7 Å². The summed E-state index contributed by atoms with van der Waals surface area (Å²) in [6, 6.07) is 12.6. The molecule has 270 valence electrons. The summed E-state index contributed by atoms with van der Waals surface area (Å²) >= 11 is 6.45. The fraction of sp³-hybridized carbons (Fsp3) is 0.371. The molecule has 0 saturated heterocycles. The Bertz CT molecular complexity index is 1780. The number of halogens is 1. The smallest absolute Gasteiger partial charge is 0.323 e. The predicted octanol–water partition coefficient (Wildman–Crippen LogP) is 5.52. The van der Waals surface area contributed by atoms with E-state index >= 15 is 0 Å². The van der Waals surface area contributed by atoms with Gasteiger partial charge in [-0.25, -0.2) is 13.2 Å². The molecule has 0 bridgehead atoms. The summed E-state index contributed by atoms with van der Waals surface area (Å²) in [5.74, 6) is -2.04. The molecule has 0 heterocycles. The summed E-state index contributed by atoms with van der Waals surface area (Å²) in [5.41, 5.74) is 1.23. The second kappa shape index (κ2) is 18.3.